The van der Waals surface area contributed by atoms with Gasteiger partial charge < -0.3 is 4.57 Å². The number of hydrogen-bond acceptors (Lipinski definition) is 3. The molecule has 0 aliphatic rings. The van der Waals surface area contributed by atoms with E-state index in [1.54, 1.807) is 12.1 Å². The third-order valence-corrected chi connectivity index (χ3v) is 10.0. The van der Waals surface area contributed by atoms with Crippen LogP contribution in [0, 0.1) is 13.8 Å². The number of halogens is 3. The SMILES string of the molecule is Cc1ccc(-c2cc(-c3nc(-c4ccccc4)nc(-c4ccccc4)n3)cc(-c3ccc(C(F)(F)F)cc3)c2-n2c3ccccc3c3cc(C)ccc32)cc1. The number of hydrogen-bond donors (Lipinski definition) is 0. The van der Waals surface area contributed by atoms with Crippen molar-refractivity contribution in [3.63, 3.8) is 0 Å². The van der Waals surface area contributed by atoms with Crippen LogP contribution in [0.15, 0.2) is 164 Å². The lowest BCUT2D eigenvalue weighted by Gasteiger charge is -2.21. The van der Waals surface area contributed by atoms with E-state index in [0.717, 1.165) is 78.6 Å². The summed E-state index contributed by atoms with van der Waals surface area (Å²) in [6.45, 7) is 4.12. The van der Waals surface area contributed by atoms with Gasteiger partial charge in [-0.2, -0.15) is 13.2 Å². The highest BCUT2D eigenvalue weighted by Crippen LogP contribution is 2.44. The second kappa shape index (κ2) is 13.5. The molecule has 7 heteroatoms. The quantitative estimate of drug-likeness (QED) is 0.172. The first-order valence-corrected chi connectivity index (χ1v) is 18.0. The Morgan fingerprint density at radius 3 is 1.45 bits per heavy atom. The van der Waals surface area contributed by atoms with Crippen LogP contribution in [0.1, 0.15) is 16.7 Å². The maximum Gasteiger partial charge on any atom is 0.416 e. The molecule has 55 heavy (non-hydrogen) atoms. The zero-order valence-corrected chi connectivity index (χ0v) is 30.0. The van der Waals surface area contributed by atoms with Crippen LogP contribution < -0.4 is 0 Å². The molecule has 0 aliphatic carbocycles. The van der Waals surface area contributed by atoms with Crippen LogP contribution in [-0.2, 0) is 6.18 Å². The zero-order valence-electron chi connectivity index (χ0n) is 30.0. The van der Waals surface area contributed by atoms with Gasteiger partial charge in [0.1, 0.15) is 0 Å². The fraction of sp³-hybridized carbons (Fsp3) is 0.0625. The third-order valence-electron chi connectivity index (χ3n) is 10.0. The van der Waals surface area contributed by atoms with Crippen molar-refractivity contribution < 1.29 is 13.2 Å². The first-order valence-electron chi connectivity index (χ1n) is 18.0. The Bertz CT molecular complexity index is 2790. The molecular formula is C48H33F3N4. The summed E-state index contributed by atoms with van der Waals surface area (Å²) >= 11 is 0. The lowest BCUT2D eigenvalue weighted by atomic mass is 9.91. The van der Waals surface area contributed by atoms with Crippen LogP contribution in [0.4, 0.5) is 13.2 Å². The molecule has 0 bridgehead atoms. The summed E-state index contributed by atoms with van der Waals surface area (Å²) in [4.78, 5) is 15.0. The number of alkyl halides is 3. The molecule has 0 saturated heterocycles. The average Bonchev–Trinajstić information content (AvgIpc) is 3.54. The van der Waals surface area contributed by atoms with Gasteiger partial charge in [-0.25, -0.2) is 15.0 Å². The van der Waals surface area contributed by atoms with Gasteiger partial charge in [-0.1, -0.05) is 132 Å². The van der Waals surface area contributed by atoms with E-state index in [1.165, 1.54) is 0 Å². The molecule has 7 aromatic carbocycles. The van der Waals surface area contributed by atoms with Gasteiger partial charge in [0.05, 0.1) is 22.3 Å². The van der Waals surface area contributed by atoms with Crippen LogP contribution in [0.3, 0.4) is 0 Å². The van der Waals surface area contributed by atoms with Crippen LogP contribution >= 0.6 is 0 Å². The fourth-order valence-corrected chi connectivity index (χ4v) is 7.28. The summed E-state index contributed by atoms with van der Waals surface area (Å²) in [7, 11) is 0. The van der Waals surface area contributed by atoms with Crippen LogP contribution in [0.2, 0.25) is 0 Å². The van der Waals surface area contributed by atoms with Crippen molar-refractivity contribution in [2.24, 2.45) is 0 Å². The fourth-order valence-electron chi connectivity index (χ4n) is 7.28. The smallest absolute Gasteiger partial charge is 0.308 e. The van der Waals surface area contributed by atoms with Gasteiger partial charge in [0.15, 0.2) is 17.5 Å². The molecule has 0 atom stereocenters. The van der Waals surface area contributed by atoms with Crippen molar-refractivity contribution in [3.8, 4) is 62.1 Å². The second-order valence-corrected chi connectivity index (χ2v) is 13.8. The second-order valence-electron chi connectivity index (χ2n) is 13.8. The van der Waals surface area contributed by atoms with Crippen molar-refractivity contribution >= 4 is 21.8 Å². The Hall–Kier alpha value is -6.86. The van der Waals surface area contributed by atoms with Crippen molar-refractivity contribution in [1.29, 1.82) is 0 Å². The van der Waals surface area contributed by atoms with E-state index in [1.807, 2.05) is 85.8 Å². The summed E-state index contributed by atoms with van der Waals surface area (Å²) in [5.74, 6) is 1.47. The largest absolute Gasteiger partial charge is 0.416 e. The molecule has 0 N–H and O–H groups in total. The van der Waals surface area contributed by atoms with Crippen molar-refractivity contribution in [2.45, 2.75) is 20.0 Å². The van der Waals surface area contributed by atoms with E-state index >= 15 is 0 Å². The Morgan fingerprint density at radius 1 is 0.418 bits per heavy atom. The minimum absolute atomic E-state index is 0.443. The molecule has 9 rings (SSSR count). The Labute approximate surface area is 316 Å². The predicted octanol–water partition coefficient (Wildman–Crippen LogP) is 12.9. The molecule has 0 fully saturated rings. The van der Waals surface area contributed by atoms with Crippen LogP contribution in [0.25, 0.3) is 83.9 Å². The number of aromatic nitrogens is 4. The third kappa shape index (κ3) is 6.33. The molecule has 0 radical (unpaired) electrons. The van der Waals surface area contributed by atoms with E-state index in [0.29, 0.717) is 28.6 Å². The van der Waals surface area contributed by atoms with E-state index in [2.05, 4.69) is 72.2 Å². The van der Waals surface area contributed by atoms with E-state index in [9.17, 15) is 13.2 Å². The van der Waals surface area contributed by atoms with Gasteiger partial charge in [-0.3, -0.25) is 0 Å². The highest BCUT2D eigenvalue weighted by Gasteiger charge is 2.30. The molecular weight excluding hydrogens is 690 g/mol. The molecule has 0 saturated carbocycles. The predicted molar refractivity (Wildman–Crippen MR) is 216 cm³/mol. The summed E-state index contributed by atoms with van der Waals surface area (Å²) in [6, 6.07) is 52.0. The lowest BCUT2D eigenvalue weighted by Crippen LogP contribution is -2.05. The highest BCUT2D eigenvalue weighted by atomic mass is 19.4. The molecule has 0 spiro atoms. The van der Waals surface area contributed by atoms with Gasteiger partial charge in [-0.05, 0) is 67.4 Å². The number of rotatable bonds is 6. The Kier molecular flexibility index (Phi) is 8.35. The molecule has 0 amide bonds. The summed E-state index contributed by atoms with van der Waals surface area (Å²) in [5, 5.41) is 2.17. The minimum atomic E-state index is -4.48. The molecule has 0 unspecified atom stereocenters. The first kappa shape index (κ1) is 33.9. The normalized spacial score (nSPS) is 11.7. The van der Waals surface area contributed by atoms with Crippen molar-refractivity contribution in [2.75, 3.05) is 0 Å². The standard InChI is InChI=1S/C48H33F3N4/c1-30-17-20-32(21-18-30)39-28-36(47-53-45(34-11-5-3-6-12-34)52-46(54-47)35-13-7-4-8-14-35)29-40(33-22-24-37(25-23-33)48(49,50)51)44(39)55-42-16-10-9-15-38(42)41-27-31(2)19-26-43(41)55/h3-29H,1-2H3. The average molecular weight is 723 g/mol. The Morgan fingerprint density at radius 2 is 0.891 bits per heavy atom. The minimum Gasteiger partial charge on any atom is -0.308 e. The van der Waals surface area contributed by atoms with Gasteiger partial charge in [0.25, 0.3) is 0 Å². The molecule has 2 aromatic heterocycles. The first-order chi connectivity index (χ1) is 26.7. The number of para-hydroxylation sites is 1. The molecule has 2 heterocycles. The van der Waals surface area contributed by atoms with Gasteiger partial charge in [0, 0.05) is 38.6 Å². The highest BCUT2D eigenvalue weighted by molar-refractivity contribution is 6.11. The number of fused-ring (bicyclic) bond motifs is 3. The molecule has 9 aromatic rings. The van der Waals surface area contributed by atoms with Crippen LogP contribution in [-0.4, -0.2) is 19.5 Å². The van der Waals surface area contributed by atoms with Crippen molar-refractivity contribution in [3.05, 3.63) is 180 Å². The molecule has 0 aliphatic heterocycles. The number of benzene rings is 7. The van der Waals surface area contributed by atoms with E-state index < -0.39 is 11.7 Å². The lowest BCUT2D eigenvalue weighted by molar-refractivity contribution is -0.137. The van der Waals surface area contributed by atoms with Crippen LogP contribution in [0.5, 0.6) is 0 Å². The maximum absolute atomic E-state index is 13.9. The van der Waals surface area contributed by atoms with Gasteiger partial charge >= 0.3 is 6.18 Å². The molecule has 266 valence electrons. The van der Waals surface area contributed by atoms with Gasteiger partial charge in [-0.15, -0.1) is 0 Å². The summed E-state index contributed by atoms with van der Waals surface area (Å²) in [6.07, 6.45) is -4.48. The Balaban J connectivity index is 1.41. The number of aryl methyl sites for hydroxylation is 2. The van der Waals surface area contributed by atoms with E-state index in [4.69, 9.17) is 15.0 Å². The van der Waals surface area contributed by atoms with Gasteiger partial charge in [0.2, 0.25) is 0 Å². The number of nitrogens with zero attached hydrogens (tertiary/aromatic N) is 4. The monoisotopic (exact) mass is 722 g/mol. The molecule has 4 nitrogen and oxygen atoms in total. The van der Waals surface area contributed by atoms with E-state index in [-0.39, 0.29) is 0 Å². The summed E-state index contributed by atoms with van der Waals surface area (Å²) in [5.41, 5.74) is 9.86. The zero-order chi connectivity index (χ0) is 37.7. The summed E-state index contributed by atoms with van der Waals surface area (Å²) < 4.78 is 44.1. The maximum atomic E-state index is 13.9. The topological polar surface area (TPSA) is 43.6 Å². The van der Waals surface area contributed by atoms with Crippen molar-refractivity contribution in [1.82, 2.24) is 19.5 Å².